The van der Waals surface area contributed by atoms with Crippen LogP contribution in [0.1, 0.15) is 118 Å². The summed E-state index contributed by atoms with van der Waals surface area (Å²) in [7, 11) is 1.47. The Labute approximate surface area is 574 Å². The summed E-state index contributed by atoms with van der Waals surface area (Å²) in [6.45, 7) is 4.22. The summed E-state index contributed by atoms with van der Waals surface area (Å²) in [5, 5.41) is 29.9. The number of rotatable bonds is 13. The van der Waals surface area contributed by atoms with Crippen LogP contribution in [0.2, 0.25) is 0 Å². The van der Waals surface area contributed by atoms with Crippen LogP contribution in [0.15, 0.2) is 114 Å². The average molecular weight is 1380 g/mol. The van der Waals surface area contributed by atoms with Gasteiger partial charge in [0, 0.05) is 123 Å². The van der Waals surface area contributed by atoms with Gasteiger partial charge in [0.2, 0.25) is 47.3 Å². The second kappa shape index (κ2) is 33.1. The highest BCUT2D eigenvalue weighted by Crippen LogP contribution is 2.33. The molecule has 12 N–H and O–H groups in total. The van der Waals surface area contributed by atoms with Crippen molar-refractivity contribution in [2.45, 2.75) is 152 Å². The highest BCUT2D eigenvalue weighted by Gasteiger charge is 2.49. The van der Waals surface area contributed by atoms with Crippen molar-refractivity contribution in [2.75, 3.05) is 20.2 Å². The van der Waals surface area contributed by atoms with Crippen LogP contribution in [0.3, 0.4) is 0 Å². The maximum atomic E-state index is 15.3. The van der Waals surface area contributed by atoms with Crippen molar-refractivity contribution in [3.63, 3.8) is 0 Å². The molecule has 10 rings (SSSR count). The number of aliphatic carboxylic acids is 1. The van der Waals surface area contributed by atoms with Gasteiger partial charge >= 0.3 is 5.97 Å². The quantitative estimate of drug-likeness (QED) is 0.0768. The topological polar surface area (TPSA) is 392 Å². The maximum Gasteiger partial charge on any atom is 0.305 e. The summed E-state index contributed by atoms with van der Waals surface area (Å²) in [5.41, 5.74) is 7.74. The Bertz CT molecular complexity index is 4170. The molecule has 6 aromatic rings. The number of Topliss-reactive ketones (excluding diaryl/α,β-unsaturated/α-hetero) is 2. The van der Waals surface area contributed by atoms with E-state index in [0.717, 1.165) is 0 Å². The first-order valence-corrected chi connectivity index (χ1v) is 33.1. The third kappa shape index (κ3) is 18.8. The third-order valence-electron chi connectivity index (χ3n) is 18.6. The number of carboxylic acids is 1. The number of aliphatic imine (C=N–C) groups is 1. The Morgan fingerprint density at radius 1 is 0.700 bits per heavy atom. The first kappa shape index (κ1) is 73.3. The number of benzene rings is 4. The maximum absolute atomic E-state index is 15.3. The van der Waals surface area contributed by atoms with Crippen molar-refractivity contribution in [1.82, 2.24) is 52.1 Å². The van der Waals surface area contributed by atoms with Gasteiger partial charge in [-0.05, 0) is 147 Å². The van der Waals surface area contributed by atoms with Crippen molar-refractivity contribution in [1.29, 1.82) is 0 Å². The normalized spacial score (nSPS) is 24.0. The Kier molecular flexibility index (Phi) is 24.3. The van der Waals surface area contributed by atoms with E-state index in [-0.39, 0.29) is 76.4 Å². The van der Waals surface area contributed by atoms with Crippen LogP contribution in [0.4, 0.5) is 8.78 Å². The molecule has 100 heavy (non-hydrogen) atoms. The molecule has 1 fully saturated rings. The van der Waals surface area contributed by atoms with Crippen LogP contribution in [0.5, 0.6) is 5.75 Å². The fourth-order valence-electron chi connectivity index (χ4n) is 13.0. The number of aromatic amines is 2. The van der Waals surface area contributed by atoms with Crippen LogP contribution < -0.4 is 47.7 Å². The van der Waals surface area contributed by atoms with E-state index >= 15 is 24.0 Å². The molecule has 4 aromatic carbocycles. The molecule has 28 heteroatoms. The molecule has 9 amide bonds. The van der Waals surface area contributed by atoms with Gasteiger partial charge in [0.05, 0.1) is 25.6 Å². The molecule has 1 saturated heterocycles. The van der Waals surface area contributed by atoms with Gasteiger partial charge in [-0.2, -0.15) is 0 Å². The number of carboxylic acid groups (broad SMARTS) is 1. The van der Waals surface area contributed by atoms with E-state index in [1.54, 1.807) is 42.6 Å². The predicted molar refractivity (Wildman–Crippen MR) is 363 cm³/mol. The highest BCUT2D eigenvalue weighted by molar-refractivity contribution is 6.01. The predicted octanol–water partition coefficient (Wildman–Crippen LogP) is 4.31. The number of amides is 9. The van der Waals surface area contributed by atoms with Gasteiger partial charge in [0.1, 0.15) is 47.1 Å². The number of aromatic nitrogens is 2. The molecule has 0 spiro atoms. The molecule has 9 atom stereocenters. The van der Waals surface area contributed by atoms with Crippen LogP contribution in [-0.4, -0.2) is 159 Å². The van der Waals surface area contributed by atoms with E-state index in [2.05, 4.69) is 52.2 Å². The van der Waals surface area contributed by atoms with Crippen molar-refractivity contribution >= 4 is 98.7 Å². The lowest BCUT2D eigenvalue weighted by atomic mass is 9.87. The summed E-state index contributed by atoms with van der Waals surface area (Å²) >= 11 is 0. The Balaban J connectivity index is 1.08. The van der Waals surface area contributed by atoms with Crippen LogP contribution in [0.25, 0.3) is 21.8 Å². The minimum absolute atomic E-state index is 0.0313. The molecule has 6 heterocycles. The number of H-pyrrole nitrogens is 2. The van der Waals surface area contributed by atoms with E-state index in [9.17, 15) is 47.4 Å². The van der Waals surface area contributed by atoms with Crippen LogP contribution in [-0.2, 0) is 78.4 Å². The minimum atomic E-state index is -1.88. The number of nitrogens with two attached hydrogens (primary N) is 1. The third-order valence-corrected chi connectivity index (χ3v) is 18.6. The van der Waals surface area contributed by atoms with E-state index < -0.39 is 155 Å². The lowest BCUT2D eigenvalue weighted by molar-refractivity contribution is -0.147. The van der Waals surface area contributed by atoms with Gasteiger partial charge in [-0.25, -0.2) is 8.78 Å². The Morgan fingerprint density at radius 2 is 1.31 bits per heavy atom. The van der Waals surface area contributed by atoms with Gasteiger partial charge in [0.25, 0.3) is 5.91 Å². The first-order chi connectivity index (χ1) is 47.7. The number of halogens is 2. The summed E-state index contributed by atoms with van der Waals surface area (Å²) < 4.78 is 35.3. The molecule has 4 aliphatic heterocycles. The molecule has 2 aromatic heterocycles. The number of nitrogens with one attached hydrogen (secondary N) is 9. The van der Waals surface area contributed by atoms with Crippen LogP contribution in [0, 0.1) is 23.5 Å². The number of fused-ring (bicyclic) bond motifs is 32. The van der Waals surface area contributed by atoms with Gasteiger partial charge in [-0.3, -0.25) is 62.5 Å². The number of primary amides is 1. The number of ketones is 2. The lowest BCUT2D eigenvalue weighted by Gasteiger charge is -2.37. The van der Waals surface area contributed by atoms with E-state index in [0.29, 0.717) is 68.2 Å². The summed E-state index contributed by atoms with van der Waals surface area (Å²) in [5.74, 6) is -13.9. The van der Waals surface area contributed by atoms with Gasteiger partial charge < -0.3 is 67.7 Å². The Morgan fingerprint density at radius 3 is 1.91 bits per heavy atom. The summed E-state index contributed by atoms with van der Waals surface area (Å²) in [6, 6.07) is 11.9. The number of carbonyl (C=O) groups is 12. The molecular weight excluding hydrogens is 1290 g/mol. The number of nitrogens with zero attached hydrogens (tertiary/aromatic N) is 2. The molecule has 4 aliphatic rings. The second-order valence-electron chi connectivity index (χ2n) is 25.9. The summed E-state index contributed by atoms with van der Waals surface area (Å²) in [4.78, 5) is 182. The number of hydrogen-bond donors (Lipinski definition) is 11. The number of allylic oxidation sites excluding steroid dienone is 1. The average Bonchev–Trinajstić information content (AvgIpc) is 1.59. The number of carbonyl (C=O) groups excluding carboxylic acids is 11. The molecule has 528 valence electrons. The molecule has 0 unspecified atom stereocenters. The van der Waals surface area contributed by atoms with E-state index in [4.69, 9.17) is 10.5 Å². The van der Waals surface area contributed by atoms with Crippen LogP contribution >= 0.6 is 0 Å². The van der Waals surface area contributed by atoms with Gasteiger partial charge in [0.15, 0.2) is 11.6 Å². The molecule has 0 saturated carbocycles. The van der Waals surface area contributed by atoms with Crippen molar-refractivity contribution in [2.24, 2.45) is 22.6 Å². The van der Waals surface area contributed by atoms with Crippen molar-refractivity contribution in [3.8, 4) is 5.75 Å². The molecule has 0 radical (unpaired) electrons. The minimum Gasteiger partial charge on any atom is -0.497 e. The zero-order chi connectivity index (χ0) is 71.9. The van der Waals surface area contributed by atoms with E-state index in [1.807, 2.05) is 0 Å². The zero-order valence-electron chi connectivity index (χ0n) is 55.8. The Hall–Kier alpha value is -10.9. The summed E-state index contributed by atoms with van der Waals surface area (Å²) in [6.07, 6.45) is 3.83. The fraction of sp³-hybridized carbons (Fsp3) is 0.403. The zero-order valence-corrected chi connectivity index (χ0v) is 55.8. The van der Waals surface area contributed by atoms with E-state index in [1.165, 1.54) is 99.9 Å². The van der Waals surface area contributed by atoms with Gasteiger partial charge in [-0.1, -0.05) is 24.3 Å². The second-order valence-corrected chi connectivity index (χ2v) is 25.9. The number of hydrogen-bond acceptors (Lipinski definition) is 14. The van der Waals surface area contributed by atoms with Crippen molar-refractivity contribution < 1.29 is 76.2 Å². The fourth-order valence-corrected chi connectivity index (χ4v) is 13.0. The molecular formula is C72H82F2N12O14. The molecule has 26 nitrogen and oxygen atoms in total. The molecule has 2 bridgehead atoms. The number of ether oxygens (including phenoxy) is 1. The largest absolute Gasteiger partial charge is 0.497 e. The monoisotopic (exact) mass is 1380 g/mol. The molecule has 0 aliphatic carbocycles. The SMILES string of the molecule is COc1ccc(C[C@@H]2NC(=O)[C@H](CC3=CN=CC3)CC(=O)[C@H](CC(=O)O)NC(=O)[C@H](Cc3c[nH]c4ccc(F)cc34)CC(=O)[C@H](Cc3c[nH]c4ccc(F)cc34)NC(=O)[C@@H](C)NC(=O)[C@H](NC(C)=O)CCCCNC(=O)c3ccc(cc3)C[C@@H](C(N)=O)NC(=O)[C@]3(C)CCCN3C2=O)cc1. The number of methoxy groups -OCH3 is 1. The standard InChI is InChI=1S/C72H82F2N12O14/c1-39-65(93)82-57(30-48-38-79-55-20-16-50(74)34-53(48)55)61(88)32-46(29-47-37-78-54-19-15-49(73)33-52(47)54)68(96)83-58(35-63(90)91)62(89)31-45(26-43-21-24-76-36-43)67(95)84-60(28-42-11-17-51(100-4)18-12-42)70(98)86-25-7-22-72(86,3)71(99)85-59(64(75)92)27-41-9-13-44(14-10-41)66(94)77-23-6-5-8-56(69(97)80-39)81-40(2)87/h9-20,24,33-34,36-39,45-46,56-60,78-79H,5-8,21-23,25-32,35H2,1-4H3,(H2,75,92)(H,77,94)(H,80,97)(H,81,87)(H,82,93)(H,83,96)(H,84,95)(H,85,99)(H,90,91)/t39-,45-,46-,56-,57+,58+,59+,60+,72+/m1/s1. The first-order valence-electron chi connectivity index (χ1n) is 33.1. The van der Waals surface area contributed by atoms with Crippen molar-refractivity contribution in [3.05, 3.63) is 149 Å². The highest BCUT2D eigenvalue weighted by atomic mass is 19.1. The van der Waals surface area contributed by atoms with Gasteiger partial charge in [-0.15, -0.1) is 0 Å². The smallest absolute Gasteiger partial charge is 0.305 e. The lowest BCUT2D eigenvalue weighted by Crippen LogP contribution is -2.62.